The van der Waals surface area contributed by atoms with Gasteiger partial charge in [0, 0.05) is 50.0 Å². The van der Waals surface area contributed by atoms with Crippen LogP contribution in [-0.4, -0.2) is 75.7 Å². The first-order chi connectivity index (χ1) is 24.4. The van der Waals surface area contributed by atoms with Crippen LogP contribution in [0.4, 0.5) is 27.5 Å². The summed E-state index contributed by atoms with van der Waals surface area (Å²) in [6.07, 6.45) is -1.23. The van der Waals surface area contributed by atoms with Crippen molar-refractivity contribution < 1.29 is 38.6 Å². The number of ether oxygens (including phenoxy) is 2. The van der Waals surface area contributed by atoms with Crippen molar-refractivity contribution in [2.45, 2.75) is 20.0 Å². The summed E-state index contributed by atoms with van der Waals surface area (Å²) in [4.78, 5) is 68.5. The van der Waals surface area contributed by atoms with E-state index in [0.717, 1.165) is 16.8 Å². The number of nitrogens with one attached hydrogen (secondary N) is 2. The summed E-state index contributed by atoms with van der Waals surface area (Å²) >= 11 is 0. The molecule has 1 unspecified atom stereocenters. The summed E-state index contributed by atoms with van der Waals surface area (Å²) in [5.74, 6) is -2.21. The van der Waals surface area contributed by atoms with Crippen LogP contribution in [0.5, 0.6) is 5.75 Å². The highest BCUT2D eigenvalue weighted by molar-refractivity contribution is 6.05. The minimum atomic E-state index is -1.23. The number of carboxylic acids is 1. The second kappa shape index (κ2) is 17.4. The number of methoxy groups -OCH3 is 1. The molecule has 0 aromatic heterocycles. The molecule has 13 heteroatoms. The van der Waals surface area contributed by atoms with Crippen LogP contribution in [0.2, 0.25) is 0 Å². The Morgan fingerprint density at radius 2 is 1.37 bits per heavy atom. The molecule has 4 aromatic rings. The van der Waals surface area contributed by atoms with E-state index in [1.165, 1.54) is 33.9 Å². The Bertz CT molecular complexity index is 1860. The van der Waals surface area contributed by atoms with Crippen molar-refractivity contribution in [3.8, 4) is 5.75 Å². The third-order valence-electron chi connectivity index (χ3n) is 7.88. The van der Waals surface area contributed by atoms with Gasteiger partial charge in [0.2, 0.25) is 11.8 Å². The van der Waals surface area contributed by atoms with E-state index in [-0.39, 0.29) is 30.5 Å². The molecule has 4 rings (SSSR count). The van der Waals surface area contributed by atoms with Gasteiger partial charge in [0.15, 0.2) is 12.7 Å². The Labute approximate surface area is 296 Å². The van der Waals surface area contributed by atoms with Crippen LogP contribution in [0.3, 0.4) is 0 Å². The van der Waals surface area contributed by atoms with Crippen LogP contribution in [0.1, 0.15) is 22.8 Å². The maximum absolute atomic E-state index is 13.7. The number of aliphatic carboxylic acids is 1. The van der Waals surface area contributed by atoms with Gasteiger partial charge in [-0.05, 0) is 79.1 Å². The minimum Gasteiger partial charge on any atom is -0.484 e. The molecule has 4 aromatic carbocycles. The Morgan fingerprint density at radius 1 is 0.725 bits per heavy atom. The first-order valence-electron chi connectivity index (χ1n) is 16.0. The SMILES string of the molecule is COC(C(=O)O)c1cccc(NC(=O)NCC(=O)N(CC(=O)N(C)c2ccccc2)c2cccc(OCC(=O)N(C)c3cc(C)cc(C)c3)c2)c1. The lowest BCUT2D eigenvalue weighted by Crippen LogP contribution is -2.46. The van der Waals surface area contributed by atoms with Gasteiger partial charge in [0.05, 0.1) is 6.54 Å². The summed E-state index contributed by atoms with van der Waals surface area (Å²) in [5.41, 5.74) is 4.29. The lowest BCUT2D eigenvalue weighted by molar-refractivity contribution is -0.148. The van der Waals surface area contributed by atoms with Crippen LogP contribution in [0.15, 0.2) is 97.1 Å². The van der Waals surface area contributed by atoms with Gasteiger partial charge in [-0.25, -0.2) is 9.59 Å². The average Bonchev–Trinajstić information content (AvgIpc) is 3.11. The Balaban J connectivity index is 1.48. The highest BCUT2D eigenvalue weighted by Crippen LogP contribution is 2.24. The van der Waals surface area contributed by atoms with Crippen LogP contribution in [0.25, 0.3) is 0 Å². The topological polar surface area (TPSA) is 158 Å². The third kappa shape index (κ3) is 10.4. The number of carbonyl (C=O) groups excluding carboxylic acids is 4. The number of para-hydroxylation sites is 1. The first kappa shape index (κ1) is 37.6. The molecule has 3 N–H and O–H groups in total. The maximum atomic E-state index is 13.7. The van der Waals surface area contributed by atoms with Crippen molar-refractivity contribution in [3.05, 3.63) is 114 Å². The average molecular weight is 696 g/mol. The number of nitrogens with zero attached hydrogens (tertiary/aromatic N) is 3. The third-order valence-corrected chi connectivity index (χ3v) is 7.88. The largest absolute Gasteiger partial charge is 0.484 e. The monoisotopic (exact) mass is 695 g/mol. The number of amides is 5. The molecule has 0 heterocycles. The number of hydrogen-bond donors (Lipinski definition) is 3. The van der Waals surface area contributed by atoms with Crippen molar-refractivity contribution in [1.82, 2.24) is 5.32 Å². The fourth-order valence-corrected chi connectivity index (χ4v) is 5.22. The van der Waals surface area contributed by atoms with E-state index in [0.29, 0.717) is 16.9 Å². The number of hydrogen-bond acceptors (Lipinski definition) is 7. The fraction of sp³-hybridized carbons (Fsp3) is 0.237. The smallest absolute Gasteiger partial charge is 0.337 e. The van der Waals surface area contributed by atoms with E-state index < -0.39 is 36.5 Å². The van der Waals surface area contributed by atoms with Gasteiger partial charge in [-0.2, -0.15) is 0 Å². The molecular formula is C38H41N5O8. The molecule has 0 aliphatic carbocycles. The normalized spacial score (nSPS) is 11.2. The minimum absolute atomic E-state index is 0.278. The molecule has 0 bridgehead atoms. The van der Waals surface area contributed by atoms with Crippen molar-refractivity contribution >= 4 is 52.5 Å². The van der Waals surface area contributed by atoms with Gasteiger partial charge in [-0.15, -0.1) is 0 Å². The van der Waals surface area contributed by atoms with E-state index in [1.54, 1.807) is 74.8 Å². The predicted octanol–water partition coefficient (Wildman–Crippen LogP) is 4.94. The number of anilines is 4. The van der Waals surface area contributed by atoms with E-state index in [9.17, 15) is 29.1 Å². The number of benzene rings is 4. The summed E-state index contributed by atoms with van der Waals surface area (Å²) < 4.78 is 10.8. The van der Waals surface area contributed by atoms with E-state index in [4.69, 9.17) is 9.47 Å². The van der Waals surface area contributed by atoms with Gasteiger partial charge in [-0.1, -0.05) is 42.5 Å². The highest BCUT2D eigenvalue weighted by atomic mass is 16.5. The predicted molar refractivity (Wildman–Crippen MR) is 194 cm³/mol. The van der Waals surface area contributed by atoms with E-state index in [2.05, 4.69) is 10.6 Å². The lowest BCUT2D eigenvalue weighted by atomic mass is 10.1. The molecule has 0 aliphatic heterocycles. The van der Waals surface area contributed by atoms with Crippen molar-refractivity contribution in [1.29, 1.82) is 0 Å². The first-order valence-corrected chi connectivity index (χ1v) is 16.0. The quantitative estimate of drug-likeness (QED) is 0.168. The molecule has 0 spiro atoms. The van der Waals surface area contributed by atoms with Gasteiger partial charge < -0.3 is 39.9 Å². The summed E-state index contributed by atoms with van der Waals surface area (Å²) in [6.45, 7) is 2.76. The maximum Gasteiger partial charge on any atom is 0.337 e. The van der Waals surface area contributed by atoms with Crippen molar-refractivity contribution in [3.63, 3.8) is 0 Å². The molecule has 0 saturated heterocycles. The second-order valence-electron chi connectivity index (χ2n) is 11.7. The van der Waals surface area contributed by atoms with E-state index >= 15 is 0 Å². The number of urea groups is 1. The number of rotatable bonds is 14. The van der Waals surface area contributed by atoms with Crippen LogP contribution in [0, 0.1) is 13.8 Å². The van der Waals surface area contributed by atoms with Gasteiger partial charge >= 0.3 is 12.0 Å². The molecule has 51 heavy (non-hydrogen) atoms. The summed E-state index contributed by atoms with van der Waals surface area (Å²) in [5, 5.41) is 14.5. The molecule has 0 fully saturated rings. The second-order valence-corrected chi connectivity index (χ2v) is 11.7. The van der Waals surface area contributed by atoms with E-state index in [1.807, 2.05) is 38.1 Å². The van der Waals surface area contributed by atoms with Gasteiger partial charge in [0.25, 0.3) is 5.91 Å². The summed E-state index contributed by atoms with van der Waals surface area (Å²) in [6, 6.07) is 26.5. The highest BCUT2D eigenvalue weighted by Gasteiger charge is 2.24. The molecule has 5 amide bonds. The molecule has 1 atom stereocenters. The molecule has 0 saturated carbocycles. The molecule has 13 nitrogen and oxygen atoms in total. The van der Waals surface area contributed by atoms with Gasteiger partial charge in [-0.3, -0.25) is 14.4 Å². The molecule has 266 valence electrons. The van der Waals surface area contributed by atoms with Crippen LogP contribution >= 0.6 is 0 Å². The Kier molecular flexibility index (Phi) is 12.9. The number of aryl methyl sites for hydroxylation is 2. The Morgan fingerprint density at radius 3 is 2.04 bits per heavy atom. The number of likely N-dealkylation sites (N-methyl/N-ethyl adjacent to an activating group) is 2. The van der Waals surface area contributed by atoms with Crippen molar-refractivity contribution in [2.24, 2.45) is 0 Å². The standard InChI is InChI=1S/C38H41N5O8/c1-25-17-26(2)19-31(18-25)42(4)35(46)24-51-32-16-10-15-30(21-32)43(23-34(45)41(3)29-13-7-6-8-14-29)33(44)22-39-38(49)40-28-12-9-11-27(20-28)36(50-5)37(47)48/h6-21,36H,22-24H2,1-5H3,(H,47,48)(H2,39,40,49). The van der Waals surface area contributed by atoms with Crippen LogP contribution in [-0.2, 0) is 23.9 Å². The fourth-order valence-electron chi connectivity index (χ4n) is 5.22. The van der Waals surface area contributed by atoms with Crippen molar-refractivity contribution in [2.75, 3.05) is 60.9 Å². The molecule has 0 aliphatic rings. The molecule has 0 radical (unpaired) electrons. The number of carboxylic acid groups (broad SMARTS) is 1. The Hall–Kier alpha value is -6.21. The zero-order valence-electron chi connectivity index (χ0n) is 29.1. The zero-order valence-corrected chi connectivity index (χ0v) is 29.1. The number of carbonyl (C=O) groups is 5. The lowest BCUT2D eigenvalue weighted by Gasteiger charge is -2.26. The zero-order chi connectivity index (χ0) is 37.1. The summed E-state index contributed by atoms with van der Waals surface area (Å²) in [7, 11) is 4.52. The van der Waals surface area contributed by atoms with Gasteiger partial charge in [0.1, 0.15) is 12.3 Å². The molecular weight excluding hydrogens is 654 g/mol. The van der Waals surface area contributed by atoms with Crippen LogP contribution < -0.4 is 30.1 Å².